The molecule has 3 nitrogen and oxygen atoms in total. The van der Waals surface area contributed by atoms with E-state index in [2.05, 4.69) is 15.9 Å². The molecule has 2 rings (SSSR count). The van der Waals surface area contributed by atoms with E-state index >= 15 is 0 Å². The number of rotatable bonds is 2. The first kappa shape index (κ1) is 11.7. The van der Waals surface area contributed by atoms with Gasteiger partial charge in [0.25, 0.3) is 0 Å². The zero-order chi connectivity index (χ0) is 11.9. The SMILES string of the molecule is COc1cc(Br)c(F)c(C2(N)CCC2)c1O. The van der Waals surface area contributed by atoms with Gasteiger partial charge in [-0.3, -0.25) is 0 Å². The molecule has 3 N–H and O–H groups in total. The predicted octanol–water partition coefficient (Wildman–Crippen LogP) is 2.64. The van der Waals surface area contributed by atoms with Crippen molar-refractivity contribution < 1.29 is 14.2 Å². The Balaban J connectivity index is 2.62. The molecule has 0 bridgehead atoms. The number of halogens is 2. The van der Waals surface area contributed by atoms with Crippen LogP contribution in [0.2, 0.25) is 0 Å². The molecule has 0 radical (unpaired) electrons. The molecule has 1 aliphatic carbocycles. The van der Waals surface area contributed by atoms with E-state index < -0.39 is 11.4 Å². The van der Waals surface area contributed by atoms with Gasteiger partial charge in [-0.1, -0.05) is 0 Å². The number of hydrogen-bond acceptors (Lipinski definition) is 3. The minimum absolute atomic E-state index is 0.157. The summed E-state index contributed by atoms with van der Waals surface area (Å²) < 4.78 is 19.2. The molecular formula is C11H13BrFNO2. The first-order valence-electron chi connectivity index (χ1n) is 5.04. The van der Waals surface area contributed by atoms with Crippen LogP contribution < -0.4 is 10.5 Å². The summed E-state index contributed by atoms with van der Waals surface area (Å²) in [4.78, 5) is 0. The molecule has 0 unspecified atom stereocenters. The largest absolute Gasteiger partial charge is 0.504 e. The molecule has 1 aromatic carbocycles. The Bertz CT molecular complexity index is 432. The molecule has 0 amide bonds. The topological polar surface area (TPSA) is 55.5 Å². The van der Waals surface area contributed by atoms with Crippen molar-refractivity contribution in [2.45, 2.75) is 24.8 Å². The Labute approximate surface area is 102 Å². The molecule has 1 saturated carbocycles. The quantitative estimate of drug-likeness (QED) is 0.880. The van der Waals surface area contributed by atoms with Crippen molar-refractivity contribution in [3.63, 3.8) is 0 Å². The minimum Gasteiger partial charge on any atom is -0.504 e. The number of nitrogens with two attached hydrogens (primary N) is 1. The standard InChI is InChI=1S/C11H13BrFNO2/c1-16-7-5-6(12)9(13)8(10(7)15)11(14)3-2-4-11/h5,15H,2-4,14H2,1H3. The lowest BCUT2D eigenvalue weighted by Crippen LogP contribution is -2.44. The van der Waals surface area contributed by atoms with Gasteiger partial charge >= 0.3 is 0 Å². The van der Waals surface area contributed by atoms with Gasteiger partial charge in [-0.15, -0.1) is 0 Å². The fraction of sp³-hybridized carbons (Fsp3) is 0.455. The van der Waals surface area contributed by atoms with Crippen LogP contribution in [0, 0.1) is 5.82 Å². The second-order valence-corrected chi connectivity index (χ2v) is 4.96. The normalized spacial score (nSPS) is 18.0. The van der Waals surface area contributed by atoms with Crippen LogP contribution in [-0.2, 0) is 5.54 Å². The third-order valence-corrected chi connectivity index (χ3v) is 3.70. The van der Waals surface area contributed by atoms with E-state index in [1.807, 2.05) is 0 Å². The summed E-state index contributed by atoms with van der Waals surface area (Å²) in [6.07, 6.45) is 2.30. The fourth-order valence-electron chi connectivity index (χ4n) is 2.01. The van der Waals surface area contributed by atoms with Crippen LogP contribution in [0.15, 0.2) is 10.5 Å². The average Bonchev–Trinajstić information content (AvgIpc) is 2.21. The van der Waals surface area contributed by atoms with Crippen molar-refractivity contribution in [3.8, 4) is 11.5 Å². The molecule has 1 aliphatic rings. The summed E-state index contributed by atoms with van der Waals surface area (Å²) >= 11 is 3.10. The van der Waals surface area contributed by atoms with Crippen LogP contribution in [0.5, 0.6) is 11.5 Å². The summed E-state index contributed by atoms with van der Waals surface area (Å²) in [6.45, 7) is 0. The first-order valence-corrected chi connectivity index (χ1v) is 5.83. The van der Waals surface area contributed by atoms with E-state index in [4.69, 9.17) is 10.5 Å². The highest BCUT2D eigenvalue weighted by atomic mass is 79.9. The van der Waals surface area contributed by atoms with Crippen LogP contribution >= 0.6 is 15.9 Å². The number of phenols is 1. The van der Waals surface area contributed by atoms with Crippen LogP contribution in [0.1, 0.15) is 24.8 Å². The summed E-state index contributed by atoms with van der Waals surface area (Å²) in [7, 11) is 1.42. The number of ether oxygens (including phenoxy) is 1. The number of aromatic hydroxyl groups is 1. The average molecular weight is 290 g/mol. The van der Waals surface area contributed by atoms with E-state index in [-0.39, 0.29) is 21.5 Å². The van der Waals surface area contributed by atoms with Crippen LogP contribution in [0.3, 0.4) is 0 Å². The molecule has 5 heteroatoms. The summed E-state index contributed by atoms with van der Waals surface area (Å²) in [5, 5.41) is 9.93. The molecule has 1 fully saturated rings. The molecule has 16 heavy (non-hydrogen) atoms. The molecule has 0 aliphatic heterocycles. The van der Waals surface area contributed by atoms with Crippen molar-refractivity contribution in [1.82, 2.24) is 0 Å². The molecule has 88 valence electrons. The van der Waals surface area contributed by atoms with Crippen molar-refractivity contribution in [2.75, 3.05) is 7.11 Å². The summed E-state index contributed by atoms with van der Waals surface area (Å²) in [5.74, 6) is -0.453. The maximum Gasteiger partial charge on any atom is 0.165 e. The number of methoxy groups -OCH3 is 1. The Morgan fingerprint density at radius 3 is 2.62 bits per heavy atom. The molecule has 0 atom stereocenters. The lowest BCUT2D eigenvalue weighted by atomic mass is 9.72. The monoisotopic (exact) mass is 289 g/mol. The highest BCUT2D eigenvalue weighted by molar-refractivity contribution is 9.10. The van der Waals surface area contributed by atoms with E-state index in [1.54, 1.807) is 0 Å². The summed E-state index contributed by atoms with van der Waals surface area (Å²) in [6, 6.07) is 1.40. The lowest BCUT2D eigenvalue weighted by Gasteiger charge is -2.39. The van der Waals surface area contributed by atoms with Crippen LogP contribution in [0.25, 0.3) is 0 Å². The molecule has 0 aromatic heterocycles. The molecule has 0 heterocycles. The van der Waals surface area contributed by atoms with E-state index in [1.165, 1.54) is 13.2 Å². The van der Waals surface area contributed by atoms with Gasteiger partial charge in [-0.05, 0) is 35.2 Å². The number of benzene rings is 1. The molecule has 0 saturated heterocycles. The second-order valence-electron chi connectivity index (χ2n) is 4.11. The molecular weight excluding hydrogens is 277 g/mol. The maximum absolute atomic E-state index is 14.0. The van der Waals surface area contributed by atoms with Gasteiger partial charge in [0, 0.05) is 11.6 Å². The third kappa shape index (κ3) is 1.58. The zero-order valence-corrected chi connectivity index (χ0v) is 10.5. The maximum atomic E-state index is 14.0. The minimum atomic E-state index is -0.759. The van der Waals surface area contributed by atoms with Crippen molar-refractivity contribution in [1.29, 1.82) is 0 Å². The van der Waals surface area contributed by atoms with Crippen LogP contribution in [-0.4, -0.2) is 12.2 Å². The second kappa shape index (κ2) is 3.89. The van der Waals surface area contributed by atoms with Gasteiger partial charge in [0.15, 0.2) is 11.5 Å². The van der Waals surface area contributed by atoms with Gasteiger partial charge in [-0.2, -0.15) is 0 Å². The van der Waals surface area contributed by atoms with Crippen molar-refractivity contribution in [2.24, 2.45) is 5.73 Å². The lowest BCUT2D eigenvalue weighted by molar-refractivity contribution is 0.233. The van der Waals surface area contributed by atoms with Gasteiger partial charge in [0.1, 0.15) is 5.82 Å². The number of phenolic OH excluding ortho intramolecular Hbond substituents is 1. The number of hydrogen-bond donors (Lipinski definition) is 2. The Hall–Kier alpha value is -0.810. The van der Waals surface area contributed by atoms with E-state index in [9.17, 15) is 9.50 Å². The third-order valence-electron chi connectivity index (χ3n) is 3.12. The fourth-order valence-corrected chi connectivity index (χ4v) is 2.42. The van der Waals surface area contributed by atoms with Gasteiger partial charge in [0.05, 0.1) is 17.1 Å². The van der Waals surface area contributed by atoms with Crippen molar-refractivity contribution >= 4 is 15.9 Å². The highest BCUT2D eigenvalue weighted by Crippen LogP contribution is 2.48. The van der Waals surface area contributed by atoms with Gasteiger partial charge in [0.2, 0.25) is 0 Å². The van der Waals surface area contributed by atoms with E-state index in [0.717, 1.165) is 6.42 Å². The molecule has 0 spiro atoms. The Kier molecular flexibility index (Phi) is 2.84. The Morgan fingerprint density at radius 1 is 1.56 bits per heavy atom. The van der Waals surface area contributed by atoms with Gasteiger partial charge in [-0.25, -0.2) is 4.39 Å². The highest BCUT2D eigenvalue weighted by Gasteiger charge is 2.40. The van der Waals surface area contributed by atoms with Crippen LogP contribution in [0.4, 0.5) is 4.39 Å². The Morgan fingerprint density at radius 2 is 2.19 bits per heavy atom. The predicted molar refractivity (Wildman–Crippen MR) is 62.0 cm³/mol. The molecule has 1 aromatic rings. The van der Waals surface area contributed by atoms with Gasteiger partial charge < -0.3 is 15.6 Å². The smallest absolute Gasteiger partial charge is 0.165 e. The van der Waals surface area contributed by atoms with Crippen molar-refractivity contribution in [3.05, 3.63) is 21.9 Å². The first-order chi connectivity index (χ1) is 7.49. The summed E-state index contributed by atoms with van der Waals surface area (Å²) in [5.41, 5.74) is 5.44. The zero-order valence-electron chi connectivity index (χ0n) is 8.89. The van der Waals surface area contributed by atoms with E-state index in [0.29, 0.717) is 12.8 Å².